The molecule has 0 spiro atoms. The molecule has 0 fully saturated rings. The minimum atomic E-state index is -4.38. The molecule has 1 aliphatic carbocycles. The van der Waals surface area contributed by atoms with Gasteiger partial charge in [0.2, 0.25) is 5.91 Å². The van der Waals surface area contributed by atoms with Crippen LogP contribution in [0.5, 0.6) is 0 Å². The fourth-order valence-electron chi connectivity index (χ4n) is 1.75. The smallest absolute Gasteiger partial charge is 0.326 e. The predicted molar refractivity (Wildman–Crippen MR) is 63.7 cm³/mol. The normalized spacial score (nSPS) is 17.0. The van der Waals surface area contributed by atoms with Gasteiger partial charge in [0.1, 0.15) is 0 Å². The van der Waals surface area contributed by atoms with Gasteiger partial charge in [-0.25, -0.2) is 0 Å². The Hall–Kier alpha value is -1.26. The molecule has 0 aromatic heterocycles. The van der Waals surface area contributed by atoms with Gasteiger partial charge in [0.15, 0.2) is 0 Å². The Kier molecular flexibility index (Phi) is 4.24. The van der Waals surface area contributed by atoms with Gasteiger partial charge in [0.05, 0.1) is 5.57 Å². The first-order valence-corrected chi connectivity index (χ1v) is 5.86. The zero-order valence-corrected chi connectivity index (χ0v) is 10.8. The van der Waals surface area contributed by atoms with Crippen molar-refractivity contribution in [1.29, 1.82) is 0 Å². The maximum Gasteiger partial charge on any atom is 0.414 e. The van der Waals surface area contributed by atoms with Crippen molar-refractivity contribution in [1.82, 2.24) is 5.32 Å². The number of hydrogen-bond acceptors (Lipinski definition) is 1. The summed E-state index contributed by atoms with van der Waals surface area (Å²) in [7, 11) is 0. The minimum absolute atomic E-state index is 0.0782. The van der Waals surface area contributed by atoms with Crippen LogP contribution in [0.1, 0.15) is 40.0 Å². The summed E-state index contributed by atoms with van der Waals surface area (Å²) >= 11 is 0. The predicted octanol–water partition coefficient (Wildman–Crippen LogP) is 3.71. The lowest BCUT2D eigenvalue weighted by atomic mass is 9.91. The molecular formula is C13H18F3NO. The molecule has 1 amide bonds. The van der Waals surface area contributed by atoms with Crippen molar-refractivity contribution >= 4 is 5.91 Å². The van der Waals surface area contributed by atoms with Gasteiger partial charge in [-0.2, -0.15) is 13.2 Å². The number of carbonyl (C=O) groups is 1. The Morgan fingerprint density at radius 3 is 2.44 bits per heavy atom. The molecule has 1 rings (SSSR count). The highest BCUT2D eigenvalue weighted by Gasteiger charge is 2.36. The molecule has 18 heavy (non-hydrogen) atoms. The number of amides is 1. The average molecular weight is 261 g/mol. The van der Waals surface area contributed by atoms with Crippen LogP contribution in [0.15, 0.2) is 23.4 Å². The fourth-order valence-corrected chi connectivity index (χ4v) is 1.75. The molecule has 0 unspecified atom stereocenters. The molecule has 1 N–H and O–H groups in total. The van der Waals surface area contributed by atoms with Gasteiger partial charge in [-0.3, -0.25) is 4.79 Å². The third kappa shape index (κ3) is 4.55. The number of allylic oxidation sites excluding steroid dienone is 3. The summed E-state index contributed by atoms with van der Waals surface area (Å²) in [6.07, 6.45) is -0.933. The van der Waals surface area contributed by atoms with Crippen LogP contribution in [-0.4, -0.2) is 12.1 Å². The van der Waals surface area contributed by atoms with Gasteiger partial charge in [0.25, 0.3) is 0 Å². The van der Waals surface area contributed by atoms with E-state index in [1.807, 2.05) is 20.8 Å². The molecule has 0 bridgehead atoms. The van der Waals surface area contributed by atoms with Crippen molar-refractivity contribution in [2.24, 2.45) is 5.41 Å². The summed E-state index contributed by atoms with van der Waals surface area (Å²) in [6, 6.07) is 0. The molecule has 0 aromatic carbocycles. The maximum absolute atomic E-state index is 12.7. The Bertz CT molecular complexity index is 386. The third-order valence-electron chi connectivity index (χ3n) is 2.48. The largest absolute Gasteiger partial charge is 0.414 e. The highest BCUT2D eigenvalue weighted by molar-refractivity contribution is 5.79. The van der Waals surface area contributed by atoms with Gasteiger partial charge < -0.3 is 5.32 Å². The summed E-state index contributed by atoms with van der Waals surface area (Å²) < 4.78 is 38.2. The van der Waals surface area contributed by atoms with Crippen LogP contribution in [0, 0.1) is 5.41 Å². The molecule has 0 aromatic rings. The SMILES string of the molecule is CC(C)(C)CC(=O)NC1=C(C(F)(F)F)CCC=C1. The molecule has 2 nitrogen and oxygen atoms in total. The van der Waals surface area contributed by atoms with Crippen molar-refractivity contribution in [3.63, 3.8) is 0 Å². The Morgan fingerprint density at radius 1 is 1.33 bits per heavy atom. The van der Waals surface area contributed by atoms with E-state index in [0.717, 1.165) is 0 Å². The van der Waals surface area contributed by atoms with Crippen molar-refractivity contribution in [2.75, 3.05) is 0 Å². The molecule has 0 saturated heterocycles. The van der Waals surface area contributed by atoms with Crippen LogP contribution in [-0.2, 0) is 4.79 Å². The van der Waals surface area contributed by atoms with E-state index < -0.39 is 11.7 Å². The molecule has 0 heterocycles. The van der Waals surface area contributed by atoms with Crippen LogP contribution in [0.25, 0.3) is 0 Å². The fraction of sp³-hybridized carbons (Fsp3) is 0.615. The third-order valence-corrected chi connectivity index (χ3v) is 2.48. The quantitative estimate of drug-likeness (QED) is 0.806. The zero-order chi connectivity index (χ0) is 14.0. The molecule has 102 valence electrons. The van der Waals surface area contributed by atoms with Crippen molar-refractivity contribution in [3.8, 4) is 0 Å². The van der Waals surface area contributed by atoms with Crippen LogP contribution >= 0.6 is 0 Å². The summed E-state index contributed by atoms with van der Waals surface area (Å²) in [5.41, 5.74) is -1.00. The Morgan fingerprint density at radius 2 is 1.94 bits per heavy atom. The highest BCUT2D eigenvalue weighted by Crippen LogP contribution is 2.33. The number of halogens is 3. The lowest BCUT2D eigenvalue weighted by molar-refractivity contribution is -0.122. The molecule has 5 heteroatoms. The van der Waals surface area contributed by atoms with Crippen LogP contribution in [0.2, 0.25) is 0 Å². The molecule has 0 aliphatic heterocycles. The van der Waals surface area contributed by atoms with Crippen LogP contribution in [0.3, 0.4) is 0 Å². The first-order chi connectivity index (χ1) is 8.09. The van der Waals surface area contributed by atoms with E-state index in [-0.39, 0.29) is 29.9 Å². The summed E-state index contributed by atoms with van der Waals surface area (Å²) in [5, 5.41) is 2.37. The van der Waals surface area contributed by atoms with Gasteiger partial charge in [-0.05, 0) is 24.3 Å². The first kappa shape index (κ1) is 14.8. The van der Waals surface area contributed by atoms with Gasteiger partial charge >= 0.3 is 6.18 Å². The number of hydrogen-bond donors (Lipinski definition) is 1. The van der Waals surface area contributed by atoms with Gasteiger partial charge in [0, 0.05) is 12.1 Å². The van der Waals surface area contributed by atoms with E-state index in [1.165, 1.54) is 6.08 Å². The van der Waals surface area contributed by atoms with Crippen LogP contribution in [0.4, 0.5) is 13.2 Å². The van der Waals surface area contributed by atoms with E-state index in [2.05, 4.69) is 5.32 Å². The molecule has 0 atom stereocenters. The second kappa shape index (κ2) is 5.16. The summed E-state index contributed by atoms with van der Waals surface area (Å²) in [5.74, 6) is -0.384. The summed E-state index contributed by atoms with van der Waals surface area (Å²) in [4.78, 5) is 11.7. The number of alkyl halides is 3. The minimum Gasteiger partial charge on any atom is -0.326 e. The lowest BCUT2D eigenvalue weighted by Crippen LogP contribution is -2.30. The topological polar surface area (TPSA) is 29.1 Å². The second-order valence-corrected chi connectivity index (χ2v) is 5.62. The first-order valence-electron chi connectivity index (χ1n) is 5.86. The van der Waals surface area contributed by atoms with E-state index >= 15 is 0 Å². The monoisotopic (exact) mass is 261 g/mol. The van der Waals surface area contributed by atoms with Crippen molar-refractivity contribution in [3.05, 3.63) is 23.4 Å². The van der Waals surface area contributed by atoms with E-state index in [9.17, 15) is 18.0 Å². The highest BCUT2D eigenvalue weighted by atomic mass is 19.4. The van der Waals surface area contributed by atoms with Gasteiger partial charge in [-0.15, -0.1) is 0 Å². The van der Waals surface area contributed by atoms with Crippen molar-refractivity contribution in [2.45, 2.75) is 46.2 Å². The van der Waals surface area contributed by atoms with E-state index in [4.69, 9.17) is 0 Å². The Balaban J connectivity index is 2.83. The lowest BCUT2D eigenvalue weighted by Gasteiger charge is -2.21. The number of nitrogens with one attached hydrogen (secondary N) is 1. The molecule has 0 saturated carbocycles. The van der Waals surface area contributed by atoms with E-state index in [1.54, 1.807) is 6.08 Å². The van der Waals surface area contributed by atoms with Gasteiger partial charge in [-0.1, -0.05) is 26.8 Å². The standard InChI is InChI=1S/C13H18F3NO/c1-12(2,3)8-11(18)17-10-7-5-4-6-9(10)13(14,15)16/h5,7H,4,6,8H2,1-3H3,(H,17,18). The number of carbonyl (C=O) groups excluding carboxylic acids is 1. The van der Waals surface area contributed by atoms with Crippen LogP contribution < -0.4 is 5.32 Å². The summed E-state index contributed by atoms with van der Waals surface area (Å²) in [6.45, 7) is 5.59. The molecular weight excluding hydrogens is 243 g/mol. The number of rotatable bonds is 2. The zero-order valence-electron chi connectivity index (χ0n) is 10.8. The average Bonchev–Trinajstić information content (AvgIpc) is 2.13. The van der Waals surface area contributed by atoms with Crippen molar-refractivity contribution < 1.29 is 18.0 Å². The molecule has 0 radical (unpaired) electrons. The molecule has 1 aliphatic rings. The van der Waals surface area contributed by atoms with E-state index in [0.29, 0.717) is 6.42 Å². The maximum atomic E-state index is 12.7. The Labute approximate surface area is 105 Å². The second-order valence-electron chi connectivity index (χ2n) is 5.62.